The number of halogens is 1. The number of likely N-dealkylation sites (N-methyl/N-ethyl adjacent to an activating group) is 1. The van der Waals surface area contributed by atoms with Gasteiger partial charge in [0.15, 0.2) is 0 Å². The zero-order valence-corrected chi connectivity index (χ0v) is 21.6. The molecule has 9 nitrogen and oxygen atoms in total. The number of anilines is 3. The van der Waals surface area contributed by atoms with Crippen molar-refractivity contribution >= 4 is 51.6 Å². The first-order valence-electron chi connectivity index (χ1n) is 12.3. The number of aromatic amines is 1. The number of carbonyl (C=O) groups excluding carboxylic acids is 2. The lowest BCUT2D eigenvalue weighted by Gasteiger charge is -2.35. The van der Waals surface area contributed by atoms with Gasteiger partial charge in [0.2, 0.25) is 17.8 Å². The van der Waals surface area contributed by atoms with E-state index in [1.54, 1.807) is 30.5 Å². The Hall–Kier alpha value is -4.21. The van der Waals surface area contributed by atoms with Crippen LogP contribution in [0.5, 0.6) is 0 Å². The molecule has 10 heteroatoms. The molecule has 1 aliphatic heterocycles. The lowest BCUT2D eigenvalue weighted by atomic mass is 9.93. The molecule has 0 radical (unpaired) electrons. The summed E-state index contributed by atoms with van der Waals surface area (Å²) in [5, 5.41) is 10.6. The number of hydrogen-bond donors (Lipinski definition) is 4. The van der Waals surface area contributed by atoms with Crippen LogP contribution in [-0.2, 0) is 9.59 Å². The van der Waals surface area contributed by atoms with Gasteiger partial charge in [-0.2, -0.15) is 0 Å². The molecule has 5 rings (SSSR count). The molecule has 194 valence electrons. The Kier molecular flexibility index (Phi) is 7.39. The number of amides is 2. The molecule has 2 aromatic heterocycles. The molecule has 2 atom stereocenters. The summed E-state index contributed by atoms with van der Waals surface area (Å²) in [5.74, 6) is -0.121. The topological polar surface area (TPSA) is 115 Å². The van der Waals surface area contributed by atoms with Gasteiger partial charge in [-0.05, 0) is 49.9 Å². The number of fused-ring (bicyclic) bond motifs is 1. The van der Waals surface area contributed by atoms with Gasteiger partial charge >= 0.3 is 0 Å². The molecule has 2 aromatic carbocycles. The Labute approximate surface area is 225 Å². The van der Waals surface area contributed by atoms with Crippen molar-refractivity contribution in [2.75, 3.05) is 36.1 Å². The summed E-state index contributed by atoms with van der Waals surface area (Å²) in [7, 11) is 1.99. The van der Waals surface area contributed by atoms with E-state index < -0.39 is 0 Å². The lowest BCUT2D eigenvalue weighted by Crippen LogP contribution is -2.48. The van der Waals surface area contributed by atoms with Gasteiger partial charge < -0.3 is 25.8 Å². The summed E-state index contributed by atoms with van der Waals surface area (Å²) in [6.45, 7) is 4.83. The fourth-order valence-electron chi connectivity index (χ4n) is 4.76. The smallest absolute Gasteiger partial charge is 0.247 e. The zero-order chi connectivity index (χ0) is 26.6. The molecule has 1 unspecified atom stereocenters. The Morgan fingerprint density at radius 1 is 1.11 bits per heavy atom. The van der Waals surface area contributed by atoms with E-state index in [1.165, 1.54) is 6.08 Å². The highest BCUT2D eigenvalue weighted by Crippen LogP contribution is 2.32. The van der Waals surface area contributed by atoms with E-state index in [4.69, 9.17) is 16.6 Å². The number of para-hydroxylation sites is 1. The predicted molar refractivity (Wildman–Crippen MR) is 151 cm³/mol. The number of H-pyrrole nitrogens is 1. The average Bonchev–Trinajstić information content (AvgIpc) is 3.34. The SMILES string of the molecule is C=CC(=O)Nc1ccc(NC(=O)[C@@H]2CC(Nc3ncc(Cl)c(-c4c[nH]c5ccccc45)n3)CN(C)C2)cc1. The molecule has 4 N–H and O–H groups in total. The highest BCUT2D eigenvalue weighted by atomic mass is 35.5. The van der Waals surface area contributed by atoms with E-state index in [-0.39, 0.29) is 23.8 Å². The van der Waals surface area contributed by atoms with E-state index in [0.717, 1.165) is 23.0 Å². The number of likely N-dealkylation sites (tertiary alicyclic amines) is 1. The number of nitrogens with zero attached hydrogens (tertiary/aromatic N) is 3. The van der Waals surface area contributed by atoms with Crippen LogP contribution >= 0.6 is 11.6 Å². The second kappa shape index (κ2) is 11.0. The summed E-state index contributed by atoms with van der Waals surface area (Å²) in [6.07, 6.45) is 5.33. The van der Waals surface area contributed by atoms with Gasteiger partial charge in [0, 0.05) is 53.2 Å². The van der Waals surface area contributed by atoms with Crippen molar-refractivity contribution in [2.24, 2.45) is 5.92 Å². The van der Waals surface area contributed by atoms with E-state index in [0.29, 0.717) is 41.0 Å². The van der Waals surface area contributed by atoms with Crippen molar-refractivity contribution in [1.29, 1.82) is 0 Å². The maximum Gasteiger partial charge on any atom is 0.247 e. The minimum absolute atomic E-state index is 0.0296. The van der Waals surface area contributed by atoms with Gasteiger partial charge in [-0.15, -0.1) is 0 Å². The monoisotopic (exact) mass is 529 g/mol. The molecule has 2 amide bonds. The number of piperidine rings is 1. The molecule has 0 aliphatic carbocycles. The van der Waals surface area contributed by atoms with Crippen LogP contribution in [0.4, 0.5) is 17.3 Å². The highest BCUT2D eigenvalue weighted by Gasteiger charge is 2.30. The van der Waals surface area contributed by atoms with Crippen LogP contribution in [0.2, 0.25) is 5.02 Å². The summed E-state index contributed by atoms with van der Waals surface area (Å²) in [6, 6.07) is 14.9. The standard InChI is InChI=1S/C28H28ClN7O2/c1-3-25(37)32-18-8-10-19(11-9-18)33-27(38)17-12-20(16-36(2)15-17)34-28-31-14-23(29)26(35-28)22-13-30-24-7-5-4-6-21(22)24/h3-11,13-14,17,20,30H,1,12,15-16H2,2H3,(H,32,37)(H,33,38)(H,31,34,35)/t17-,20?/m1/s1. The molecule has 38 heavy (non-hydrogen) atoms. The summed E-state index contributed by atoms with van der Waals surface area (Å²) >= 11 is 6.48. The summed E-state index contributed by atoms with van der Waals surface area (Å²) in [5.41, 5.74) is 3.85. The third kappa shape index (κ3) is 5.69. The van der Waals surface area contributed by atoms with Crippen molar-refractivity contribution in [1.82, 2.24) is 19.9 Å². The second-order valence-corrected chi connectivity index (χ2v) is 9.80. The normalized spacial score (nSPS) is 17.6. The van der Waals surface area contributed by atoms with E-state index in [2.05, 4.69) is 37.4 Å². The molecule has 0 saturated carbocycles. The molecule has 4 aromatic rings. The molecule has 0 spiro atoms. The van der Waals surface area contributed by atoms with E-state index >= 15 is 0 Å². The number of carbonyl (C=O) groups is 2. The van der Waals surface area contributed by atoms with Gasteiger partial charge in [-0.1, -0.05) is 36.4 Å². The largest absolute Gasteiger partial charge is 0.360 e. The first-order chi connectivity index (χ1) is 18.4. The van der Waals surface area contributed by atoms with Crippen molar-refractivity contribution in [3.05, 3.63) is 78.6 Å². The van der Waals surface area contributed by atoms with E-state index in [9.17, 15) is 9.59 Å². The molecular formula is C28H28ClN7O2. The molecule has 1 saturated heterocycles. The molecule has 3 heterocycles. The Morgan fingerprint density at radius 3 is 2.61 bits per heavy atom. The molecular weight excluding hydrogens is 502 g/mol. The van der Waals surface area contributed by atoms with Crippen LogP contribution in [0.1, 0.15) is 6.42 Å². The van der Waals surface area contributed by atoms with Crippen LogP contribution < -0.4 is 16.0 Å². The minimum atomic E-state index is -0.288. The van der Waals surface area contributed by atoms with Crippen LogP contribution in [0, 0.1) is 5.92 Å². The number of nitrogens with one attached hydrogen (secondary N) is 4. The van der Waals surface area contributed by atoms with Gasteiger partial charge in [0.1, 0.15) is 0 Å². The van der Waals surface area contributed by atoms with Gasteiger partial charge in [0.25, 0.3) is 0 Å². The number of rotatable bonds is 7. The predicted octanol–water partition coefficient (Wildman–Crippen LogP) is 4.77. The first-order valence-corrected chi connectivity index (χ1v) is 12.7. The van der Waals surface area contributed by atoms with Crippen LogP contribution in [0.25, 0.3) is 22.2 Å². The Morgan fingerprint density at radius 2 is 1.84 bits per heavy atom. The molecule has 1 aliphatic rings. The maximum absolute atomic E-state index is 13.1. The maximum atomic E-state index is 13.1. The van der Waals surface area contributed by atoms with Gasteiger partial charge in [-0.3, -0.25) is 9.59 Å². The molecule has 0 bridgehead atoms. The van der Waals surface area contributed by atoms with Crippen molar-refractivity contribution in [3.8, 4) is 11.3 Å². The summed E-state index contributed by atoms with van der Waals surface area (Å²) < 4.78 is 0. The van der Waals surface area contributed by atoms with Crippen LogP contribution in [-0.4, -0.2) is 57.8 Å². The lowest BCUT2D eigenvalue weighted by molar-refractivity contribution is -0.121. The second-order valence-electron chi connectivity index (χ2n) is 9.39. The third-order valence-electron chi connectivity index (χ3n) is 6.53. The number of benzene rings is 2. The number of aromatic nitrogens is 3. The highest BCUT2D eigenvalue weighted by molar-refractivity contribution is 6.33. The Balaban J connectivity index is 1.26. The Bertz CT molecular complexity index is 1480. The zero-order valence-electron chi connectivity index (χ0n) is 20.9. The quantitative estimate of drug-likeness (QED) is 0.256. The summed E-state index contributed by atoms with van der Waals surface area (Å²) in [4.78, 5) is 39.1. The average molecular weight is 530 g/mol. The van der Waals surface area contributed by atoms with Gasteiger partial charge in [-0.25, -0.2) is 9.97 Å². The van der Waals surface area contributed by atoms with Crippen LogP contribution in [0.3, 0.4) is 0 Å². The van der Waals surface area contributed by atoms with Crippen molar-refractivity contribution in [3.63, 3.8) is 0 Å². The number of hydrogen-bond acceptors (Lipinski definition) is 6. The van der Waals surface area contributed by atoms with Crippen molar-refractivity contribution in [2.45, 2.75) is 12.5 Å². The minimum Gasteiger partial charge on any atom is -0.360 e. The van der Waals surface area contributed by atoms with Crippen molar-refractivity contribution < 1.29 is 9.59 Å². The fourth-order valence-corrected chi connectivity index (χ4v) is 4.96. The van der Waals surface area contributed by atoms with Gasteiger partial charge in [0.05, 0.1) is 22.8 Å². The van der Waals surface area contributed by atoms with Crippen LogP contribution in [0.15, 0.2) is 73.6 Å². The molecule has 1 fully saturated rings. The van der Waals surface area contributed by atoms with E-state index in [1.807, 2.05) is 37.5 Å². The first kappa shape index (κ1) is 25.4. The third-order valence-corrected chi connectivity index (χ3v) is 6.81. The fraction of sp³-hybridized carbons (Fsp3) is 0.214.